The zero-order valence-corrected chi connectivity index (χ0v) is 17.5. The highest BCUT2D eigenvalue weighted by atomic mass is 16.5. The average Bonchev–Trinajstić information content (AvgIpc) is 3.07. The maximum absolute atomic E-state index is 13.2. The Morgan fingerprint density at radius 1 is 1.14 bits per heavy atom. The van der Waals surface area contributed by atoms with E-state index < -0.39 is 5.60 Å². The van der Waals surface area contributed by atoms with Gasteiger partial charge in [0.05, 0.1) is 11.7 Å². The Morgan fingerprint density at radius 2 is 1.83 bits per heavy atom. The van der Waals surface area contributed by atoms with Gasteiger partial charge in [0.1, 0.15) is 16.9 Å². The number of carbonyl (C=O) groups excluding carboxylic acids is 1. The van der Waals surface area contributed by atoms with Crippen LogP contribution in [0, 0.1) is 13.8 Å². The molecule has 4 rings (SSSR count). The van der Waals surface area contributed by atoms with Crippen molar-refractivity contribution in [3.63, 3.8) is 0 Å². The number of piperidine rings is 1. The molecule has 29 heavy (non-hydrogen) atoms. The minimum Gasteiger partial charge on any atom is -0.383 e. The quantitative estimate of drug-likeness (QED) is 0.848. The Bertz CT molecular complexity index is 841. The summed E-state index contributed by atoms with van der Waals surface area (Å²) in [6, 6.07) is 9.74. The van der Waals surface area contributed by atoms with Crippen LogP contribution >= 0.6 is 0 Å². The molecular formula is C22H30N4O3. The maximum atomic E-state index is 13.2. The summed E-state index contributed by atoms with van der Waals surface area (Å²) in [4.78, 5) is 19.7. The first kappa shape index (κ1) is 20.1. The van der Waals surface area contributed by atoms with Crippen LogP contribution in [0.3, 0.4) is 0 Å². The van der Waals surface area contributed by atoms with Crippen molar-refractivity contribution in [3.8, 4) is 0 Å². The van der Waals surface area contributed by atoms with Crippen LogP contribution in [0.1, 0.15) is 33.8 Å². The number of hydrogen-bond acceptors (Lipinski definition) is 6. The summed E-state index contributed by atoms with van der Waals surface area (Å²) >= 11 is 0. The second kappa shape index (κ2) is 7.89. The van der Waals surface area contributed by atoms with Crippen molar-refractivity contribution in [2.75, 3.05) is 46.3 Å². The number of piperazine rings is 1. The molecule has 2 aliphatic heterocycles. The summed E-state index contributed by atoms with van der Waals surface area (Å²) in [5.74, 6) is 0.489. The van der Waals surface area contributed by atoms with Crippen LogP contribution in [0.5, 0.6) is 0 Å². The molecule has 7 heteroatoms. The van der Waals surface area contributed by atoms with Gasteiger partial charge in [0.15, 0.2) is 0 Å². The van der Waals surface area contributed by atoms with E-state index in [1.54, 1.807) is 13.8 Å². The van der Waals surface area contributed by atoms with Gasteiger partial charge >= 0.3 is 0 Å². The monoisotopic (exact) mass is 398 g/mol. The number of nitrogens with zero attached hydrogens (tertiary/aromatic N) is 4. The van der Waals surface area contributed by atoms with Crippen LogP contribution in [0.4, 0.5) is 0 Å². The molecule has 0 bridgehead atoms. The van der Waals surface area contributed by atoms with E-state index in [-0.39, 0.29) is 11.9 Å². The van der Waals surface area contributed by atoms with Gasteiger partial charge in [-0.25, -0.2) is 0 Å². The van der Waals surface area contributed by atoms with E-state index in [2.05, 4.69) is 22.0 Å². The number of likely N-dealkylation sites (tertiary alicyclic amines) is 1. The van der Waals surface area contributed by atoms with E-state index in [9.17, 15) is 9.90 Å². The van der Waals surface area contributed by atoms with Crippen molar-refractivity contribution in [3.05, 3.63) is 52.9 Å². The number of carbonyl (C=O) groups is 1. The van der Waals surface area contributed by atoms with E-state index in [1.165, 1.54) is 0 Å². The van der Waals surface area contributed by atoms with Crippen molar-refractivity contribution in [1.82, 2.24) is 19.9 Å². The van der Waals surface area contributed by atoms with Crippen LogP contribution in [0.25, 0.3) is 0 Å². The lowest BCUT2D eigenvalue weighted by Gasteiger charge is -2.51. The minimum absolute atomic E-state index is 0.0597. The molecule has 1 N–H and O–H groups in total. The molecule has 3 heterocycles. The zero-order chi connectivity index (χ0) is 20.6. The van der Waals surface area contributed by atoms with Crippen LogP contribution in [0.2, 0.25) is 0 Å². The summed E-state index contributed by atoms with van der Waals surface area (Å²) in [5, 5.41) is 15.8. The molecule has 0 unspecified atom stereocenters. The maximum Gasteiger partial charge on any atom is 0.259 e. The van der Waals surface area contributed by atoms with Gasteiger partial charge in [0, 0.05) is 39.3 Å². The molecule has 156 valence electrons. The molecule has 1 aromatic heterocycles. The lowest BCUT2D eigenvalue weighted by atomic mass is 9.79. The fourth-order valence-corrected chi connectivity index (χ4v) is 4.67. The van der Waals surface area contributed by atoms with E-state index >= 15 is 0 Å². The van der Waals surface area contributed by atoms with Gasteiger partial charge in [-0.05, 0) is 32.9 Å². The molecule has 2 aromatic rings. The third-order valence-corrected chi connectivity index (χ3v) is 6.49. The SMILES string of the molecule is Cc1noc(C)c1C(=O)N1CC[C@](O)(c2ccccc2)[C@H](N2CCN(C)CC2)C1. The molecular weight excluding hydrogens is 368 g/mol. The molecule has 7 nitrogen and oxygen atoms in total. The van der Waals surface area contributed by atoms with Crippen LogP contribution in [-0.2, 0) is 5.60 Å². The number of hydrogen-bond donors (Lipinski definition) is 1. The normalized spacial score (nSPS) is 26.6. The van der Waals surface area contributed by atoms with Gasteiger partial charge in [0.2, 0.25) is 0 Å². The number of aromatic nitrogens is 1. The van der Waals surface area contributed by atoms with Gasteiger partial charge < -0.3 is 19.4 Å². The lowest BCUT2D eigenvalue weighted by Crippen LogP contribution is -2.64. The number of benzene rings is 1. The minimum atomic E-state index is -0.979. The zero-order valence-electron chi connectivity index (χ0n) is 17.5. The highest BCUT2D eigenvalue weighted by Gasteiger charge is 2.47. The van der Waals surface area contributed by atoms with Crippen LogP contribution < -0.4 is 0 Å². The van der Waals surface area contributed by atoms with E-state index in [1.807, 2.05) is 35.2 Å². The number of amides is 1. The van der Waals surface area contributed by atoms with Gasteiger partial charge in [0.25, 0.3) is 5.91 Å². The third-order valence-electron chi connectivity index (χ3n) is 6.49. The Hall–Kier alpha value is -2.22. The number of rotatable bonds is 3. The van der Waals surface area contributed by atoms with Crippen molar-refractivity contribution in [2.24, 2.45) is 0 Å². The van der Waals surface area contributed by atoms with Gasteiger partial charge in [-0.3, -0.25) is 9.69 Å². The Kier molecular flexibility index (Phi) is 5.46. The summed E-state index contributed by atoms with van der Waals surface area (Å²) in [5.41, 5.74) is 1.11. The molecule has 2 fully saturated rings. The standard InChI is InChI=1S/C22H30N4O3/c1-16-20(17(2)29-23-16)21(27)26-10-9-22(28,18-7-5-4-6-8-18)19(15-26)25-13-11-24(3)12-14-25/h4-8,19,28H,9-15H2,1-3H3/t19-,22+/m1/s1. The first-order valence-corrected chi connectivity index (χ1v) is 10.3. The van der Waals surface area contributed by atoms with Gasteiger partial charge in [-0.15, -0.1) is 0 Å². The number of aryl methyl sites for hydroxylation is 2. The summed E-state index contributed by atoms with van der Waals surface area (Å²) in [6.45, 7) is 8.23. The molecule has 0 spiro atoms. The first-order valence-electron chi connectivity index (χ1n) is 10.3. The fraction of sp³-hybridized carbons (Fsp3) is 0.545. The smallest absolute Gasteiger partial charge is 0.259 e. The van der Waals surface area contributed by atoms with Gasteiger partial charge in [-0.2, -0.15) is 0 Å². The highest BCUT2D eigenvalue weighted by molar-refractivity contribution is 5.96. The molecule has 2 atom stereocenters. The van der Waals surface area contributed by atoms with E-state index in [0.717, 1.165) is 31.7 Å². The highest BCUT2D eigenvalue weighted by Crippen LogP contribution is 2.37. The Balaban J connectivity index is 1.64. The first-order chi connectivity index (χ1) is 13.9. The Morgan fingerprint density at radius 3 is 2.45 bits per heavy atom. The van der Waals surface area contributed by atoms with Crippen molar-refractivity contribution < 1.29 is 14.4 Å². The van der Waals surface area contributed by atoms with Crippen molar-refractivity contribution in [2.45, 2.75) is 31.9 Å². The van der Waals surface area contributed by atoms with Crippen LogP contribution in [-0.4, -0.2) is 83.2 Å². The van der Waals surface area contributed by atoms with E-state index in [4.69, 9.17) is 4.52 Å². The fourth-order valence-electron chi connectivity index (χ4n) is 4.67. The molecule has 0 aliphatic carbocycles. The molecule has 0 saturated carbocycles. The number of aliphatic hydroxyl groups is 1. The third kappa shape index (κ3) is 3.70. The molecule has 1 aromatic carbocycles. The second-order valence-electron chi connectivity index (χ2n) is 8.35. The average molecular weight is 399 g/mol. The predicted octanol–water partition coefficient (Wildman–Crippen LogP) is 1.64. The molecule has 0 radical (unpaired) electrons. The van der Waals surface area contributed by atoms with Gasteiger partial charge in [-0.1, -0.05) is 35.5 Å². The lowest BCUT2D eigenvalue weighted by molar-refractivity contribution is -0.101. The largest absolute Gasteiger partial charge is 0.383 e. The molecule has 1 amide bonds. The summed E-state index contributed by atoms with van der Waals surface area (Å²) < 4.78 is 5.21. The molecule has 2 saturated heterocycles. The van der Waals surface area contributed by atoms with E-state index in [0.29, 0.717) is 36.5 Å². The topological polar surface area (TPSA) is 73.0 Å². The Labute approximate surface area is 171 Å². The van der Waals surface area contributed by atoms with Crippen molar-refractivity contribution >= 4 is 5.91 Å². The number of likely N-dealkylation sites (N-methyl/N-ethyl adjacent to an activating group) is 1. The second-order valence-corrected chi connectivity index (χ2v) is 8.35. The van der Waals surface area contributed by atoms with Crippen molar-refractivity contribution in [1.29, 1.82) is 0 Å². The molecule has 2 aliphatic rings. The summed E-state index contributed by atoms with van der Waals surface area (Å²) in [7, 11) is 2.12. The predicted molar refractivity (Wildman–Crippen MR) is 110 cm³/mol. The van der Waals surface area contributed by atoms with Crippen LogP contribution in [0.15, 0.2) is 34.9 Å². The summed E-state index contributed by atoms with van der Waals surface area (Å²) in [6.07, 6.45) is 0.503.